The predicted octanol–water partition coefficient (Wildman–Crippen LogP) is 5.54. The van der Waals surface area contributed by atoms with E-state index in [2.05, 4.69) is 31.8 Å². The van der Waals surface area contributed by atoms with Crippen molar-refractivity contribution in [3.8, 4) is 5.75 Å². The second-order valence-electron chi connectivity index (χ2n) is 6.20. The van der Waals surface area contributed by atoms with Crippen LogP contribution < -0.4 is 15.5 Å². The Bertz CT molecular complexity index is 1120. The number of rotatable bonds is 7. The molecule has 0 spiro atoms. The second-order valence-corrected chi connectivity index (χ2v) is 7.96. The number of halogens is 3. The van der Waals surface area contributed by atoms with E-state index in [0.29, 0.717) is 32.6 Å². The quantitative estimate of drug-likeness (QED) is 0.317. The van der Waals surface area contributed by atoms with Crippen LogP contribution in [0.25, 0.3) is 0 Å². The summed E-state index contributed by atoms with van der Waals surface area (Å²) in [5.41, 5.74) is 3.88. The van der Waals surface area contributed by atoms with E-state index in [4.69, 9.17) is 27.9 Å². The maximum atomic E-state index is 12.2. The van der Waals surface area contributed by atoms with Crippen LogP contribution in [-0.2, 0) is 4.79 Å². The van der Waals surface area contributed by atoms with Crippen molar-refractivity contribution in [2.24, 2.45) is 5.10 Å². The van der Waals surface area contributed by atoms with Crippen molar-refractivity contribution < 1.29 is 14.3 Å². The number of nitrogens with one attached hydrogen (secondary N) is 2. The molecule has 31 heavy (non-hydrogen) atoms. The van der Waals surface area contributed by atoms with Crippen LogP contribution in [-0.4, -0.2) is 24.6 Å². The van der Waals surface area contributed by atoms with E-state index in [1.807, 2.05) is 0 Å². The number of ether oxygens (including phenoxy) is 1. The second kappa shape index (κ2) is 10.9. The van der Waals surface area contributed by atoms with Crippen molar-refractivity contribution in [2.45, 2.75) is 0 Å². The molecule has 0 saturated carbocycles. The van der Waals surface area contributed by atoms with Crippen molar-refractivity contribution >= 4 is 62.8 Å². The van der Waals surface area contributed by atoms with Gasteiger partial charge in [-0.1, -0.05) is 51.3 Å². The highest BCUT2D eigenvalue weighted by Crippen LogP contribution is 2.23. The minimum Gasteiger partial charge on any atom is -0.483 e. The third kappa shape index (κ3) is 6.82. The third-order valence-electron chi connectivity index (χ3n) is 3.95. The highest BCUT2D eigenvalue weighted by Gasteiger charge is 2.09. The Balaban J connectivity index is 1.62. The Morgan fingerprint density at radius 1 is 1.03 bits per heavy atom. The van der Waals surface area contributed by atoms with Crippen molar-refractivity contribution in [3.05, 3.63) is 92.4 Å². The number of anilines is 1. The van der Waals surface area contributed by atoms with Crippen LogP contribution in [0, 0.1) is 0 Å². The first-order chi connectivity index (χ1) is 14.9. The molecule has 3 aromatic rings. The Morgan fingerprint density at radius 3 is 2.52 bits per heavy atom. The van der Waals surface area contributed by atoms with Crippen molar-refractivity contribution in [3.63, 3.8) is 0 Å². The lowest BCUT2D eigenvalue weighted by molar-refractivity contribution is -0.118. The van der Waals surface area contributed by atoms with Crippen molar-refractivity contribution in [2.75, 3.05) is 11.9 Å². The number of para-hydroxylation sites is 1. The molecule has 0 atom stereocenters. The number of hydrogen-bond donors (Lipinski definition) is 2. The summed E-state index contributed by atoms with van der Waals surface area (Å²) in [6.45, 7) is -0.251. The number of hydrogen-bond acceptors (Lipinski definition) is 4. The van der Waals surface area contributed by atoms with E-state index in [9.17, 15) is 9.59 Å². The van der Waals surface area contributed by atoms with Gasteiger partial charge in [-0.05, 0) is 54.6 Å². The summed E-state index contributed by atoms with van der Waals surface area (Å²) in [4.78, 5) is 24.3. The Hall–Kier alpha value is -2.87. The number of nitrogens with zero attached hydrogens (tertiary/aromatic N) is 1. The van der Waals surface area contributed by atoms with E-state index in [-0.39, 0.29) is 18.4 Å². The number of carbonyl (C=O) groups excluding carboxylic acids is 2. The van der Waals surface area contributed by atoms with E-state index in [0.717, 1.165) is 4.47 Å². The van der Waals surface area contributed by atoms with E-state index in [1.54, 1.807) is 66.7 Å². The normalized spacial score (nSPS) is 10.7. The number of hydrazone groups is 1. The lowest BCUT2D eigenvalue weighted by Gasteiger charge is -2.11. The maximum absolute atomic E-state index is 12.2. The van der Waals surface area contributed by atoms with Crippen LogP contribution in [0.2, 0.25) is 10.0 Å². The average Bonchev–Trinajstić information content (AvgIpc) is 2.75. The number of benzene rings is 3. The Kier molecular flexibility index (Phi) is 8.06. The van der Waals surface area contributed by atoms with Crippen molar-refractivity contribution in [1.29, 1.82) is 0 Å². The largest absolute Gasteiger partial charge is 0.483 e. The monoisotopic (exact) mass is 519 g/mol. The molecule has 2 amide bonds. The molecule has 0 aliphatic rings. The van der Waals surface area contributed by atoms with Gasteiger partial charge in [0, 0.05) is 20.6 Å². The van der Waals surface area contributed by atoms with Crippen LogP contribution in [0.15, 0.2) is 76.3 Å². The van der Waals surface area contributed by atoms with Gasteiger partial charge in [0.15, 0.2) is 6.61 Å². The summed E-state index contributed by atoms with van der Waals surface area (Å²) in [6.07, 6.45) is 1.39. The number of amides is 2. The van der Waals surface area contributed by atoms with E-state index < -0.39 is 0 Å². The van der Waals surface area contributed by atoms with Gasteiger partial charge in [0.1, 0.15) is 5.75 Å². The van der Waals surface area contributed by atoms with Crippen LogP contribution in [0.5, 0.6) is 5.75 Å². The Morgan fingerprint density at radius 2 is 1.77 bits per heavy atom. The molecule has 2 N–H and O–H groups in total. The zero-order chi connectivity index (χ0) is 22.2. The third-order valence-corrected chi connectivity index (χ3v) is 5.05. The molecule has 0 bridgehead atoms. The minimum absolute atomic E-state index is 0.251. The highest BCUT2D eigenvalue weighted by molar-refractivity contribution is 9.10. The van der Waals surface area contributed by atoms with E-state index >= 15 is 0 Å². The van der Waals surface area contributed by atoms with Gasteiger partial charge in [-0.2, -0.15) is 5.10 Å². The zero-order valence-electron chi connectivity index (χ0n) is 15.9. The summed E-state index contributed by atoms with van der Waals surface area (Å²) in [7, 11) is 0. The minimum atomic E-state index is -0.380. The van der Waals surface area contributed by atoms with Gasteiger partial charge in [-0.25, -0.2) is 5.43 Å². The van der Waals surface area contributed by atoms with Crippen molar-refractivity contribution in [1.82, 2.24) is 5.43 Å². The molecule has 9 heteroatoms. The zero-order valence-corrected chi connectivity index (χ0v) is 19.0. The molecule has 3 aromatic carbocycles. The van der Waals surface area contributed by atoms with Gasteiger partial charge in [0.2, 0.25) is 0 Å². The van der Waals surface area contributed by atoms with Crippen LogP contribution in [0.1, 0.15) is 15.9 Å². The molecule has 6 nitrogen and oxygen atoms in total. The van der Waals surface area contributed by atoms with Gasteiger partial charge >= 0.3 is 0 Å². The first-order valence-electron chi connectivity index (χ1n) is 8.98. The van der Waals surface area contributed by atoms with Crippen LogP contribution in [0.3, 0.4) is 0 Å². The highest BCUT2D eigenvalue weighted by atomic mass is 79.9. The summed E-state index contributed by atoms with van der Waals surface area (Å²) >= 11 is 15.4. The lowest BCUT2D eigenvalue weighted by atomic mass is 10.2. The topological polar surface area (TPSA) is 79.8 Å². The van der Waals surface area contributed by atoms with Crippen LogP contribution in [0.4, 0.5) is 5.69 Å². The predicted molar refractivity (Wildman–Crippen MR) is 126 cm³/mol. The SMILES string of the molecule is O=C(COc1ccc(Cl)cc1/C=N/NC(=O)c1ccc(Br)cc1)Nc1ccccc1Cl. The van der Waals surface area contributed by atoms with Gasteiger partial charge in [0.25, 0.3) is 11.8 Å². The smallest absolute Gasteiger partial charge is 0.271 e. The fourth-order valence-corrected chi connectivity index (χ4v) is 3.10. The molecule has 0 aliphatic heterocycles. The van der Waals surface area contributed by atoms with E-state index in [1.165, 1.54) is 6.21 Å². The van der Waals surface area contributed by atoms with Crippen LogP contribution >= 0.6 is 39.1 Å². The molecule has 158 valence electrons. The maximum Gasteiger partial charge on any atom is 0.271 e. The molecular weight excluding hydrogens is 505 g/mol. The van der Waals surface area contributed by atoms with Gasteiger partial charge < -0.3 is 10.1 Å². The summed E-state index contributed by atoms with van der Waals surface area (Å²) < 4.78 is 6.47. The molecule has 0 unspecified atom stereocenters. The standard InChI is InChI=1S/C22H16BrCl2N3O3/c23-16-7-5-14(6-8-16)22(30)28-26-12-15-11-17(24)9-10-20(15)31-13-21(29)27-19-4-2-1-3-18(19)25/h1-12H,13H2,(H,27,29)(H,28,30)/b26-12+. The fourth-order valence-electron chi connectivity index (χ4n) is 2.47. The summed E-state index contributed by atoms with van der Waals surface area (Å²) in [5.74, 6) is -0.373. The molecule has 0 heterocycles. The average molecular weight is 521 g/mol. The van der Waals surface area contributed by atoms with Gasteiger partial charge in [0.05, 0.1) is 16.9 Å². The molecule has 3 rings (SSSR count). The van der Waals surface area contributed by atoms with Gasteiger partial charge in [-0.15, -0.1) is 0 Å². The lowest BCUT2D eigenvalue weighted by Crippen LogP contribution is -2.21. The first-order valence-corrected chi connectivity index (χ1v) is 10.5. The Labute approximate surface area is 197 Å². The first kappa shape index (κ1) is 22.8. The molecule has 0 radical (unpaired) electrons. The summed E-state index contributed by atoms with van der Waals surface area (Å²) in [6, 6.07) is 18.6. The summed E-state index contributed by atoms with van der Waals surface area (Å²) in [5, 5.41) is 7.51. The van der Waals surface area contributed by atoms with Gasteiger partial charge in [-0.3, -0.25) is 9.59 Å². The molecule has 0 aromatic heterocycles. The fraction of sp³-hybridized carbons (Fsp3) is 0.0455. The molecular formula is C22H16BrCl2N3O3. The molecule has 0 saturated heterocycles. The molecule has 0 fully saturated rings. The number of carbonyl (C=O) groups is 2. The molecule has 0 aliphatic carbocycles.